The van der Waals surface area contributed by atoms with Gasteiger partial charge >= 0.3 is 23.9 Å². The minimum absolute atomic E-state index is 0.0477. The van der Waals surface area contributed by atoms with Gasteiger partial charge < -0.3 is 29.2 Å². The second-order valence-electron chi connectivity index (χ2n) is 9.32. The van der Waals surface area contributed by atoms with E-state index in [0.717, 1.165) is 0 Å². The SMILES string of the molecule is O=C1C[C@H]2[C@H](O[C@@H]3[C@@H]([C@H](O)COC(=O)c4ccccc4I)OC(=O)[C@H]23)[C@@H](Cc2cccc(C(=O)O)c2I)O1. The standard InChI is InChI=1S/C26H22I2O10/c27-15-7-2-1-5-12(15)25(33)35-10-16(29)22-23-19(26(34)38-22)14-9-18(30)36-17(21(14)37-23)8-11-4-3-6-13(20(11)28)24(31)32/h1-7,14,16-17,19,21-23,29H,8-10H2,(H,31,32)/t14-,16-,17-,19-,21+,22-,23+/m1/s1. The van der Waals surface area contributed by atoms with Gasteiger partial charge in [-0.05, 0) is 68.9 Å². The van der Waals surface area contributed by atoms with Crippen molar-refractivity contribution >= 4 is 69.1 Å². The van der Waals surface area contributed by atoms with Crippen LogP contribution in [-0.2, 0) is 35.0 Å². The number of cyclic esters (lactones) is 2. The third kappa shape index (κ3) is 5.14. The molecule has 3 fully saturated rings. The average Bonchev–Trinajstić information content (AvgIpc) is 3.41. The number of rotatable bonds is 7. The maximum Gasteiger partial charge on any atom is 0.339 e. The number of carboxylic acid groups (broad SMARTS) is 1. The summed E-state index contributed by atoms with van der Waals surface area (Å²) < 4.78 is 23.7. The van der Waals surface area contributed by atoms with Gasteiger partial charge in [-0.2, -0.15) is 0 Å². The van der Waals surface area contributed by atoms with Crippen LogP contribution < -0.4 is 0 Å². The first-order chi connectivity index (χ1) is 18.2. The number of halogens is 2. The molecule has 0 aromatic heterocycles. The maximum atomic E-state index is 12.8. The van der Waals surface area contributed by atoms with Crippen LogP contribution in [0, 0.1) is 19.0 Å². The average molecular weight is 748 g/mol. The van der Waals surface area contributed by atoms with E-state index in [0.29, 0.717) is 18.3 Å². The molecule has 38 heavy (non-hydrogen) atoms. The summed E-state index contributed by atoms with van der Waals surface area (Å²) >= 11 is 3.96. The Balaban J connectivity index is 1.30. The highest BCUT2D eigenvalue weighted by atomic mass is 127. The van der Waals surface area contributed by atoms with Crippen molar-refractivity contribution < 1.29 is 48.3 Å². The monoisotopic (exact) mass is 748 g/mol. The molecular weight excluding hydrogens is 726 g/mol. The Labute approximate surface area is 244 Å². The number of fused-ring (bicyclic) bond motifs is 3. The summed E-state index contributed by atoms with van der Waals surface area (Å²) in [6.45, 7) is -0.414. The molecule has 2 aromatic carbocycles. The number of aromatic carboxylic acids is 1. The normalized spacial score (nSPS) is 28.6. The number of hydrogen-bond donors (Lipinski definition) is 2. The fraction of sp³-hybridized carbons (Fsp3) is 0.385. The number of benzene rings is 2. The largest absolute Gasteiger partial charge is 0.478 e. The van der Waals surface area contributed by atoms with Crippen LogP contribution in [0.25, 0.3) is 0 Å². The zero-order valence-electron chi connectivity index (χ0n) is 19.6. The minimum atomic E-state index is -1.34. The first-order valence-corrected chi connectivity index (χ1v) is 14.0. The second kappa shape index (κ2) is 11.1. The van der Waals surface area contributed by atoms with Crippen LogP contribution in [0.1, 0.15) is 32.7 Å². The smallest absolute Gasteiger partial charge is 0.339 e. The molecule has 2 N–H and O–H groups in total. The molecule has 10 nitrogen and oxygen atoms in total. The molecule has 0 aliphatic carbocycles. The summed E-state index contributed by atoms with van der Waals surface area (Å²) in [7, 11) is 0. The van der Waals surface area contributed by atoms with Gasteiger partial charge in [0.2, 0.25) is 0 Å². The Morgan fingerprint density at radius 2 is 1.76 bits per heavy atom. The van der Waals surface area contributed by atoms with Crippen molar-refractivity contribution in [3.05, 3.63) is 66.3 Å². The summed E-state index contributed by atoms with van der Waals surface area (Å²) in [5.41, 5.74) is 1.16. The molecular formula is C26H22I2O10. The number of hydrogen-bond acceptors (Lipinski definition) is 9. The molecule has 0 unspecified atom stereocenters. The van der Waals surface area contributed by atoms with Crippen LogP contribution in [0.5, 0.6) is 0 Å². The molecule has 5 rings (SSSR count). The third-order valence-corrected chi connectivity index (χ3v) is 9.25. The van der Waals surface area contributed by atoms with Gasteiger partial charge in [0.25, 0.3) is 0 Å². The van der Waals surface area contributed by atoms with E-state index in [9.17, 15) is 29.4 Å². The van der Waals surface area contributed by atoms with E-state index < -0.39 is 72.8 Å². The lowest BCUT2D eigenvalue weighted by atomic mass is 9.80. The van der Waals surface area contributed by atoms with Crippen LogP contribution in [0.2, 0.25) is 0 Å². The number of carbonyl (C=O) groups is 4. The Morgan fingerprint density at radius 1 is 1.03 bits per heavy atom. The number of aliphatic hydroxyl groups is 1. The first-order valence-electron chi connectivity index (χ1n) is 11.8. The molecule has 200 valence electrons. The molecule has 2 aromatic rings. The molecule has 12 heteroatoms. The number of carbonyl (C=O) groups excluding carboxylic acids is 3. The molecule has 7 atom stereocenters. The van der Waals surface area contributed by atoms with Crippen molar-refractivity contribution in [2.24, 2.45) is 11.8 Å². The van der Waals surface area contributed by atoms with Crippen molar-refractivity contribution in [3.63, 3.8) is 0 Å². The van der Waals surface area contributed by atoms with Crippen molar-refractivity contribution in [2.45, 2.75) is 43.4 Å². The van der Waals surface area contributed by atoms with E-state index >= 15 is 0 Å². The zero-order chi connectivity index (χ0) is 27.1. The maximum absolute atomic E-state index is 12.8. The molecule has 0 radical (unpaired) electrons. The van der Waals surface area contributed by atoms with Gasteiger partial charge in [-0.1, -0.05) is 24.3 Å². The lowest BCUT2D eigenvalue weighted by Crippen LogP contribution is -2.45. The van der Waals surface area contributed by atoms with Crippen molar-refractivity contribution in [1.29, 1.82) is 0 Å². The molecule has 3 aliphatic rings. The van der Waals surface area contributed by atoms with E-state index in [-0.39, 0.29) is 18.4 Å². The van der Waals surface area contributed by atoms with Crippen LogP contribution in [-0.4, -0.2) is 71.2 Å². The van der Waals surface area contributed by atoms with E-state index in [2.05, 4.69) is 0 Å². The molecule has 3 saturated heterocycles. The molecule has 3 aliphatic heterocycles. The fourth-order valence-electron chi connectivity index (χ4n) is 5.30. The van der Waals surface area contributed by atoms with Crippen LogP contribution in [0.3, 0.4) is 0 Å². The summed E-state index contributed by atoms with van der Waals surface area (Å²) in [6, 6.07) is 11.7. The summed E-state index contributed by atoms with van der Waals surface area (Å²) in [6.07, 6.45) is -4.55. The van der Waals surface area contributed by atoms with Gasteiger partial charge in [0.15, 0.2) is 6.10 Å². The van der Waals surface area contributed by atoms with Gasteiger partial charge in [0.05, 0.1) is 29.6 Å². The lowest BCUT2D eigenvalue weighted by molar-refractivity contribution is -0.179. The number of ether oxygens (including phenoxy) is 4. The lowest BCUT2D eigenvalue weighted by Gasteiger charge is -2.34. The van der Waals surface area contributed by atoms with Crippen LogP contribution in [0.15, 0.2) is 42.5 Å². The van der Waals surface area contributed by atoms with E-state index in [1.54, 1.807) is 36.4 Å². The quantitative estimate of drug-likeness (QED) is 0.246. The number of carboxylic acids is 1. The summed E-state index contributed by atoms with van der Waals surface area (Å²) in [5, 5.41) is 20.2. The fourth-order valence-corrected chi connectivity index (χ4v) is 6.72. The molecule has 0 amide bonds. The molecule has 0 spiro atoms. The molecule has 0 bridgehead atoms. The van der Waals surface area contributed by atoms with Gasteiger partial charge in [0, 0.05) is 19.5 Å². The first kappa shape index (κ1) is 27.3. The van der Waals surface area contributed by atoms with Crippen molar-refractivity contribution in [1.82, 2.24) is 0 Å². The van der Waals surface area contributed by atoms with Crippen LogP contribution in [0.4, 0.5) is 0 Å². The minimum Gasteiger partial charge on any atom is -0.478 e. The van der Waals surface area contributed by atoms with E-state index in [1.807, 2.05) is 45.2 Å². The van der Waals surface area contributed by atoms with Crippen molar-refractivity contribution in [2.75, 3.05) is 6.61 Å². The zero-order valence-corrected chi connectivity index (χ0v) is 23.9. The second-order valence-corrected chi connectivity index (χ2v) is 11.6. The van der Waals surface area contributed by atoms with Crippen LogP contribution >= 0.6 is 45.2 Å². The highest BCUT2D eigenvalue weighted by Crippen LogP contribution is 2.47. The Kier molecular flexibility index (Phi) is 7.94. The predicted molar refractivity (Wildman–Crippen MR) is 145 cm³/mol. The third-order valence-electron chi connectivity index (χ3n) is 7.04. The molecule has 0 saturated carbocycles. The van der Waals surface area contributed by atoms with Gasteiger partial charge in [-0.25, -0.2) is 9.59 Å². The Morgan fingerprint density at radius 3 is 2.50 bits per heavy atom. The topological polar surface area (TPSA) is 146 Å². The highest BCUT2D eigenvalue weighted by Gasteiger charge is 2.62. The van der Waals surface area contributed by atoms with E-state index in [4.69, 9.17) is 18.9 Å². The predicted octanol–water partition coefficient (Wildman–Crippen LogP) is 2.60. The highest BCUT2D eigenvalue weighted by molar-refractivity contribution is 14.1. The van der Waals surface area contributed by atoms with Gasteiger partial charge in [0.1, 0.15) is 24.9 Å². The Hall–Kier alpha value is -2.30. The molecule has 3 heterocycles. The summed E-state index contributed by atoms with van der Waals surface area (Å²) in [4.78, 5) is 49.3. The van der Waals surface area contributed by atoms with Crippen molar-refractivity contribution in [3.8, 4) is 0 Å². The van der Waals surface area contributed by atoms with Gasteiger partial charge in [-0.3, -0.25) is 9.59 Å². The number of esters is 3. The van der Waals surface area contributed by atoms with Gasteiger partial charge in [-0.15, -0.1) is 0 Å². The Bertz CT molecular complexity index is 1300. The van der Waals surface area contributed by atoms with E-state index in [1.165, 1.54) is 6.07 Å². The summed E-state index contributed by atoms with van der Waals surface area (Å²) in [5.74, 6) is -4.08. The number of aliphatic hydroxyl groups excluding tert-OH is 1.